The molecule has 206 valence electrons. The Hall–Kier alpha value is -3.15. The first-order chi connectivity index (χ1) is 18.9. The Morgan fingerprint density at radius 1 is 0.850 bits per heavy atom. The minimum Gasteiger partial charge on any atom is -0.465 e. The topological polar surface area (TPSA) is 61.2 Å². The Morgan fingerprint density at radius 2 is 1.45 bits per heavy atom. The summed E-state index contributed by atoms with van der Waals surface area (Å²) in [5.41, 5.74) is 4.25. The zero-order valence-electron chi connectivity index (χ0n) is 23.2. The predicted octanol–water partition coefficient (Wildman–Crippen LogP) is 8.31. The monoisotopic (exact) mass is 574 g/mol. The van der Waals surface area contributed by atoms with E-state index in [1.165, 1.54) is 0 Å². The van der Waals surface area contributed by atoms with Crippen molar-refractivity contribution in [3.63, 3.8) is 0 Å². The molecule has 0 bridgehead atoms. The maximum Gasteiger partial charge on any atom is 0.163 e. The van der Waals surface area contributed by atoms with Crippen LogP contribution < -0.4 is 0 Å². The van der Waals surface area contributed by atoms with E-state index in [2.05, 4.69) is 27.7 Å². The minimum atomic E-state index is -0.524. The Bertz CT molecular complexity index is 1560. The third-order valence-electron chi connectivity index (χ3n) is 8.06. The number of halogens is 2. The quantitative estimate of drug-likeness (QED) is 0.314. The smallest absolute Gasteiger partial charge is 0.163 e. The number of ether oxygens (including phenoxy) is 1. The first-order valence-electron chi connectivity index (χ1n) is 13.7. The third kappa shape index (κ3) is 4.95. The number of benzene rings is 2. The van der Waals surface area contributed by atoms with Gasteiger partial charge in [0, 0.05) is 54.2 Å². The molecule has 2 heterocycles. The number of carbonyl (C=O) groups excluding carboxylic acids is 2. The van der Waals surface area contributed by atoms with Crippen LogP contribution in [-0.4, -0.2) is 21.3 Å². The summed E-state index contributed by atoms with van der Waals surface area (Å²) < 4.78 is 8.36. The van der Waals surface area contributed by atoms with Gasteiger partial charge in [-0.25, -0.2) is 0 Å². The number of ketones is 2. The van der Waals surface area contributed by atoms with Crippen molar-refractivity contribution in [2.24, 2.45) is 10.8 Å². The second-order valence-electron chi connectivity index (χ2n) is 12.8. The van der Waals surface area contributed by atoms with Crippen molar-refractivity contribution < 1.29 is 14.3 Å². The lowest BCUT2D eigenvalue weighted by atomic mass is 9.65. The highest BCUT2D eigenvalue weighted by Crippen LogP contribution is 2.54. The molecule has 0 radical (unpaired) electrons. The van der Waals surface area contributed by atoms with Crippen molar-refractivity contribution in [1.82, 2.24) is 9.78 Å². The van der Waals surface area contributed by atoms with Gasteiger partial charge < -0.3 is 4.74 Å². The summed E-state index contributed by atoms with van der Waals surface area (Å²) in [7, 11) is 0. The second-order valence-corrected chi connectivity index (χ2v) is 13.7. The molecule has 7 heteroatoms. The highest BCUT2D eigenvalue weighted by Gasteiger charge is 2.48. The highest BCUT2D eigenvalue weighted by atomic mass is 35.5. The van der Waals surface area contributed by atoms with Crippen LogP contribution in [0.3, 0.4) is 0 Å². The summed E-state index contributed by atoms with van der Waals surface area (Å²) in [4.78, 5) is 27.7. The fourth-order valence-corrected chi connectivity index (χ4v) is 6.68. The number of allylic oxidation sites excluding steroid dienone is 4. The summed E-state index contributed by atoms with van der Waals surface area (Å²) in [6.45, 7) is 8.84. The first kappa shape index (κ1) is 27.0. The zero-order valence-corrected chi connectivity index (χ0v) is 24.7. The largest absolute Gasteiger partial charge is 0.465 e. The maximum atomic E-state index is 13.8. The van der Waals surface area contributed by atoms with Crippen LogP contribution >= 0.6 is 23.2 Å². The first-order valence-corrected chi connectivity index (χ1v) is 14.4. The molecule has 3 aromatic rings. The van der Waals surface area contributed by atoms with Gasteiger partial charge in [0.2, 0.25) is 0 Å². The standard InChI is InChI=1S/C33H32Cl2N2O3/c1-32(2)13-24(38)29-26(15-32)40-27-16-33(3,4)14-25(39)30(27)28(29)21-18-37(17-19-10-11-22(34)23(35)12-19)36-31(21)20-8-6-5-7-9-20/h5-12,18,28H,13-17H2,1-4H3. The van der Waals surface area contributed by atoms with Gasteiger partial charge in [0.1, 0.15) is 11.5 Å². The van der Waals surface area contributed by atoms with Crippen LogP contribution in [0.5, 0.6) is 0 Å². The summed E-state index contributed by atoms with van der Waals surface area (Å²) in [5, 5.41) is 5.99. The zero-order chi connectivity index (χ0) is 28.4. The van der Waals surface area contributed by atoms with Gasteiger partial charge in [0.25, 0.3) is 0 Å². The van der Waals surface area contributed by atoms with Gasteiger partial charge in [-0.2, -0.15) is 5.10 Å². The second kappa shape index (κ2) is 9.74. The molecule has 0 saturated carbocycles. The number of hydrogen-bond donors (Lipinski definition) is 0. The van der Waals surface area contributed by atoms with Crippen molar-refractivity contribution in [3.05, 3.63) is 98.6 Å². The fourth-order valence-electron chi connectivity index (χ4n) is 6.36. The molecule has 2 aromatic carbocycles. The SMILES string of the molecule is CC1(C)CC(=O)C2=C(C1)OC1=C(C(=O)CC(C)(C)C1)C2c1cn(Cc2ccc(Cl)c(Cl)c2)nc1-c1ccccc1. The van der Waals surface area contributed by atoms with Gasteiger partial charge in [-0.1, -0.05) is 87.3 Å². The predicted molar refractivity (Wildman–Crippen MR) is 157 cm³/mol. The van der Waals surface area contributed by atoms with Gasteiger partial charge >= 0.3 is 0 Å². The molecular formula is C33H32Cl2N2O3. The number of nitrogens with zero attached hydrogens (tertiary/aromatic N) is 2. The lowest BCUT2D eigenvalue weighted by Crippen LogP contribution is -2.37. The number of carbonyl (C=O) groups is 2. The highest BCUT2D eigenvalue weighted by molar-refractivity contribution is 6.42. The van der Waals surface area contributed by atoms with Gasteiger partial charge in [-0.15, -0.1) is 0 Å². The minimum absolute atomic E-state index is 0.0386. The van der Waals surface area contributed by atoms with Crippen molar-refractivity contribution in [2.45, 2.75) is 65.8 Å². The van der Waals surface area contributed by atoms with Crippen molar-refractivity contribution in [2.75, 3.05) is 0 Å². The third-order valence-corrected chi connectivity index (χ3v) is 8.80. The summed E-state index contributed by atoms with van der Waals surface area (Å²) in [6, 6.07) is 15.5. The number of aromatic nitrogens is 2. The van der Waals surface area contributed by atoms with Crippen LogP contribution in [-0.2, 0) is 20.9 Å². The van der Waals surface area contributed by atoms with Gasteiger partial charge in [0.15, 0.2) is 11.6 Å². The van der Waals surface area contributed by atoms with Crippen molar-refractivity contribution in [1.29, 1.82) is 0 Å². The molecule has 1 aliphatic heterocycles. The Balaban J connectivity index is 1.55. The van der Waals surface area contributed by atoms with Crippen LogP contribution in [0.4, 0.5) is 0 Å². The number of Topliss-reactive ketones (excluding diaryl/α,β-unsaturated/α-hetero) is 2. The molecular weight excluding hydrogens is 543 g/mol. The fraction of sp³-hybridized carbons (Fsp3) is 0.364. The average molecular weight is 576 g/mol. The van der Waals surface area contributed by atoms with E-state index in [4.69, 9.17) is 33.0 Å². The van der Waals surface area contributed by atoms with Gasteiger partial charge in [0.05, 0.1) is 28.2 Å². The van der Waals surface area contributed by atoms with E-state index in [1.807, 2.05) is 53.3 Å². The van der Waals surface area contributed by atoms with E-state index in [1.54, 1.807) is 6.07 Å². The summed E-state index contributed by atoms with van der Waals surface area (Å²) >= 11 is 12.5. The van der Waals surface area contributed by atoms with Crippen LogP contribution in [0.1, 0.15) is 70.4 Å². The van der Waals surface area contributed by atoms with E-state index in [0.717, 1.165) is 22.4 Å². The molecule has 1 aromatic heterocycles. The van der Waals surface area contributed by atoms with E-state index in [-0.39, 0.29) is 22.4 Å². The molecule has 0 unspecified atom stereocenters. The molecule has 0 atom stereocenters. The van der Waals surface area contributed by atoms with Crippen LogP contribution in [0.2, 0.25) is 10.0 Å². The average Bonchev–Trinajstić information content (AvgIpc) is 3.27. The lowest BCUT2D eigenvalue weighted by Gasteiger charge is -2.42. The lowest BCUT2D eigenvalue weighted by molar-refractivity contribution is -0.120. The Labute approximate surface area is 244 Å². The molecule has 40 heavy (non-hydrogen) atoms. The van der Waals surface area contributed by atoms with Gasteiger partial charge in [-0.05, 0) is 28.5 Å². The summed E-state index contributed by atoms with van der Waals surface area (Å²) in [5.74, 6) is 0.954. The molecule has 5 nitrogen and oxygen atoms in total. The van der Waals surface area contributed by atoms with Gasteiger partial charge in [-0.3, -0.25) is 14.3 Å². The number of rotatable bonds is 4. The molecule has 3 aliphatic rings. The normalized spacial score (nSPS) is 20.4. The molecule has 2 aliphatic carbocycles. The summed E-state index contributed by atoms with van der Waals surface area (Å²) in [6.07, 6.45) is 4.09. The Morgan fingerprint density at radius 3 is 2.02 bits per heavy atom. The Kier molecular flexibility index (Phi) is 6.59. The van der Waals surface area contributed by atoms with E-state index in [9.17, 15) is 9.59 Å². The van der Waals surface area contributed by atoms with Crippen molar-refractivity contribution >= 4 is 34.8 Å². The number of hydrogen-bond acceptors (Lipinski definition) is 4. The molecule has 0 saturated heterocycles. The molecule has 0 spiro atoms. The van der Waals surface area contributed by atoms with E-state index >= 15 is 0 Å². The van der Waals surface area contributed by atoms with Crippen LogP contribution in [0, 0.1) is 10.8 Å². The van der Waals surface area contributed by atoms with E-state index in [0.29, 0.717) is 64.9 Å². The van der Waals surface area contributed by atoms with Crippen molar-refractivity contribution in [3.8, 4) is 11.3 Å². The molecule has 6 rings (SSSR count). The molecule has 0 amide bonds. The molecule has 0 N–H and O–H groups in total. The van der Waals surface area contributed by atoms with Crippen LogP contribution in [0.25, 0.3) is 11.3 Å². The molecule has 0 fully saturated rings. The van der Waals surface area contributed by atoms with E-state index < -0.39 is 5.92 Å². The maximum absolute atomic E-state index is 13.8. The van der Waals surface area contributed by atoms with Crippen LogP contribution in [0.15, 0.2) is 77.4 Å².